The maximum Gasteiger partial charge on any atom is 0.256 e. The van der Waals surface area contributed by atoms with E-state index in [9.17, 15) is 13.2 Å². The molecule has 1 aliphatic heterocycles. The number of aromatic nitrogens is 1. The lowest BCUT2D eigenvalue weighted by atomic mass is 10.0. The molecule has 0 spiro atoms. The number of carbonyl (C=O) groups is 1. The van der Waals surface area contributed by atoms with Crippen LogP contribution in [0, 0.1) is 12.8 Å². The molecule has 0 aliphatic carbocycles. The summed E-state index contributed by atoms with van der Waals surface area (Å²) in [7, 11) is -3.76. The predicted octanol–water partition coefficient (Wildman–Crippen LogP) is 3.72. The molecule has 1 atom stereocenters. The largest absolute Gasteiger partial charge is 0.307 e. The zero-order valence-corrected chi connectivity index (χ0v) is 16.8. The standard InChI is InChI=1S/C19H22ClN3O3S/c1-13-5-4-10-23(12-13)27(25,26)17-11-15(8-9-16(17)20)19(24)22-18-7-3-6-14(2)21-18/h3,6-9,11,13H,4-5,10,12H2,1-2H3,(H,21,22,24). The molecule has 27 heavy (non-hydrogen) atoms. The minimum atomic E-state index is -3.76. The normalized spacial score (nSPS) is 18.3. The molecule has 2 heterocycles. The lowest BCUT2D eigenvalue weighted by Gasteiger charge is -2.30. The third-order valence-electron chi connectivity index (χ3n) is 4.56. The second-order valence-corrected chi connectivity index (χ2v) is 9.19. The number of rotatable bonds is 4. The van der Waals surface area contributed by atoms with Crippen LogP contribution >= 0.6 is 11.6 Å². The van der Waals surface area contributed by atoms with Gasteiger partial charge in [-0.1, -0.05) is 24.6 Å². The molecular weight excluding hydrogens is 386 g/mol. The number of benzene rings is 1. The molecule has 1 unspecified atom stereocenters. The lowest BCUT2D eigenvalue weighted by Crippen LogP contribution is -2.39. The maximum absolute atomic E-state index is 13.0. The van der Waals surface area contributed by atoms with E-state index >= 15 is 0 Å². The number of aryl methyl sites for hydroxylation is 1. The maximum atomic E-state index is 13.0. The molecule has 6 nitrogen and oxygen atoms in total. The van der Waals surface area contributed by atoms with E-state index in [1.165, 1.54) is 22.5 Å². The molecule has 8 heteroatoms. The SMILES string of the molecule is Cc1cccc(NC(=O)c2ccc(Cl)c(S(=O)(=O)N3CCCC(C)C3)c2)n1. The average molecular weight is 408 g/mol. The first-order chi connectivity index (χ1) is 12.8. The zero-order valence-electron chi connectivity index (χ0n) is 15.3. The van der Waals surface area contributed by atoms with Crippen LogP contribution in [0.3, 0.4) is 0 Å². The van der Waals surface area contributed by atoms with Crippen LogP contribution in [-0.2, 0) is 10.0 Å². The minimum absolute atomic E-state index is 0.0388. The summed E-state index contributed by atoms with van der Waals surface area (Å²) in [5, 5.41) is 2.79. The van der Waals surface area contributed by atoms with Crippen molar-refractivity contribution in [3.63, 3.8) is 0 Å². The van der Waals surface area contributed by atoms with Gasteiger partial charge in [0.25, 0.3) is 5.91 Å². The molecule has 3 rings (SSSR count). The Morgan fingerprint density at radius 3 is 2.78 bits per heavy atom. The fourth-order valence-corrected chi connectivity index (χ4v) is 5.25. The van der Waals surface area contributed by atoms with E-state index in [-0.39, 0.29) is 15.5 Å². The van der Waals surface area contributed by atoms with Crippen molar-refractivity contribution in [1.29, 1.82) is 0 Å². The highest BCUT2D eigenvalue weighted by atomic mass is 35.5. The Morgan fingerprint density at radius 2 is 2.07 bits per heavy atom. The van der Waals surface area contributed by atoms with Crippen LogP contribution in [-0.4, -0.2) is 36.7 Å². The van der Waals surface area contributed by atoms with Gasteiger partial charge >= 0.3 is 0 Å². The third-order valence-corrected chi connectivity index (χ3v) is 6.91. The van der Waals surface area contributed by atoms with E-state index in [2.05, 4.69) is 10.3 Å². The molecule has 1 aromatic heterocycles. The molecule has 2 aromatic rings. The van der Waals surface area contributed by atoms with Gasteiger partial charge < -0.3 is 5.32 Å². The first-order valence-electron chi connectivity index (χ1n) is 8.82. The van der Waals surface area contributed by atoms with Crippen LogP contribution in [0.1, 0.15) is 35.8 Å². The Labute approximate surface area is 164 Å². The van der Waals surface area contributed by atoms with E-state index < -0.39 is 15.9 Å². The van der Waals surface area contributed by atoms with Crippen LogP contribution in [0.5, 0.6) is 0 Å². The van der Waals surface area contributed by atoms with E-state index in [4.69, 9.17) is 11.6 Å². The summed E-state index contributed by atoms with van der Waals surface area (Å²) in [6.07, 6.45) is 1.82. The van der Waals surface area contributed by atoms with Gasteiger partial charge in [0, 0.05) is 24.3 Å². The number of sulfonamides is 1. The highest BCUT2D eigenvalue weighted by Crippen LogP contribution is 2.29. The topological polar surface area (TPSA) is 79.4 Å². The van der Waals surface area contributed by atoms with Gasteiger partial charge in [-0.05, 0) is 56.0 Å². The van der Waals surface area contributed by atoms with Crippen molar-refractivity contribution < 1.29 is 13.2 Å². The molecule has 1 fully saturated rings. The second kappa shape index (κ2) is 7.96. The van der Waals surface area contributed by atoms with Crippen LogP contribution in [0.2, 0.25) is 5.02 Å². The Kier molecular flexibility index (Phi) is 5.83. The summed E-state index contributed by atoms with van der Waals surface area (Å²) in [5.74, 6) is 0.267. The number of hydrogen-bond donors (Lipinski definition) is 1. The van der Waals surface area contributed by atoms with E-state index in [0.717, 1.165) is 18.5 Å². The summed E-state index contributed by atoms with van der Waals surface area (Å²) in [4.78, 5) is 16.7. The van der Waals surface area contributed by atoms with Crippen LogP contribution < -0.4 is 5.32 Å². The number of nitrogens with one attached hydrogen (secondary N) is 1. The number of anilines is 1. The smallest absolute Gasteiger partial charge is 0.256 e. The fourth-order valence-electron chi connectivity index (χ4n) is 3.15. The van der Waals surface area contributed by atoms with Gasteiger partial charge in [-0.2, -0.15) is 4.31 Å². The van der Waals surface area contributed by atoms with Crippen LogP contribution in [0.4, 0.5) is 5.82 Å². The van der Waals surface area contributed by atoms with Crippen molar-refractivity contribution in [2.45, 2.75) is 31.6 Å². The van der Waals surface area contributed by atoms with E-state index in [1.807, 2.05) is 19.9 Å². The van der Waals surface area contributed by atoms with Crippen molar-refractivity contribution in [1.82, 2.24) is 9.29 Å². The van der Waals surface area contributed by atoms with Crippen LogP contribution in [0.25, 0.3) is 0 Å². The summed E-state index contributed by atoms with van der Waals surface area (Å²) in [6.45, 7) is 4.78. The first-order valence-corrected chi connectivity index (χ1v) is 10.6. The van der Waals surface area contributed by atoms with Crippen LogP contribution in [0.15, 0.2) is 41.3 Å². The Balaban J connectivity index is 1.88. The number of piperidine rings is 1. The monoisotopic (exact) mass is 407 g/mol. The van der Waals surface area contributed by atoms with Gasteiger partial charge in [-0.15, -0.1) is 0 Å². The molecule has 1 N–H and O–H groups in total. The van der Waals surface area contributed by atoms with Crippen molar-refractivity contribution in [2.75, 3.05) is 18.4 Å². The molecule has 1 aliphatic rings. The first kappa shape index (κ1) is 19.8. The highest BCUT2D eigenvalue weighted by Gasteiger charge is 2.30. The number of amides is 1. The van der Waals surface area contributed by atoms with Gasteiger partial charge in [-0.3, -0.25) is 4.79 Å². The quantitative estimate of drug-likeness (QED) is 0.837. The Hall–Kier alpha value is -1.96. The summed E-state index contributed by atoms with van der Waals surface area (Å²) in [5.41, 5.74) is 0.984. The van der Waals surface area contributed by atoms with Crippen molar-refractivity contribution in [2.24, 2.45) is 5.92 Å². The molecule has 0 bridgehead atoms. The summed E-state index contributed by atoms with van der Waals surface area (Å²) < 4.78 is 27.5. The van der Waals surface area contributed by atoms with Crippen molar-refractivity contribution in [3.05, 3.63) is 52.7 Å². The minimum Gasteiger partial charge on any atom is -0.307 e. The van der Waals surface area contributed by atoms with E-state index in [0.29, 0.717) is 24.8 Å². The molecule has 144 valence electrons. The molecule has 1 aromatic carbocycles. The molecule has 0 saturated carbocycles. The average Bonchev–Trinajstić information content (AvgIpc) is 2.62. The molecule has 1 amide bonds. The summed E-state index contributed by atoms with van der Waals surface area (Å²) >= 11 is 6.17. The van der Waals surface area contributed by atoms with Gasteiger partial charge in [0.05, 0.1) is 5.02 Å². The van der Waals surface area contributed by atoms with Gasteiger partial charge in [0.1, 0.15) is 10.7 Å². The predicted molar refractivity (Wildman–Crippen MR) is 106 cm³/mol. The molecule has 1 saturated heterocycles. The molecular formula is C19H22ClN3O3S. The number of nitrogens with zero attached hydrogens (tertiary/aromatic N) is 2. The summed E-state index contributed by atoms with van der Waals surface area (Å²) in [6, 6.07) is 9.57. The number of halogens is 1. The lowest BCUT2D eigenvalue weighted by molar-refractivity contribution is 0.102. The third kappa shape index (κ3) is 4.48. The zero-order chi connectivity index (χ0) is 19.6. The van der Waals surface area contributed by atoms with Gasteiger partial charge in [0.2, 0.25) is 10.0 Å². The second-order valence-electron chi connectivity index (χ2n) is 6.87. The fraction of sp³-hybridized carbons (Fsp3) is 0.368. The number of carbonyl (C=O) groups excluding carboxylic acids is 1. The number of hydrogen-bond acceptors (Lipinski definition) is 4. The number of pyridine rings is 1. The van der Waals surface area contributed by atoms with Gasteiger partial charge in [0.15, 0.2) is 0 Å². The van der Waals surface area contributed by atoms with E-state index in [1.54, 1.807) is 12.1 Å². The van der Waals surface area contributed by atoms with Gasteiger partial charge in [-0.25, -0.2) is 13.4 Å². The van der Waals surface area contributed by atoms with Crippen molar-refractivity contribution in [3.8, 4) is 0 Å². The highest BCUT2D eigenvalue weighted by molar-refractivity contribution is 7.89. The van der Waals surface area contributed by atoms with Crippen molar-refractivity contribution >= 4 is 33.3 Å². The molecule has 0 radical (unpaired) electrons. The Bertz CT molecular complexity index is 962. The Morgan fingerprint density at radius 1 is 1.30 bits per heavy atom.